The van der Waals surface area contributed by atoms with Gasteiger partial charge >= 0.3 is 0 Å². The van der Waals surface area contributed by atoms with Crippen LogP contribution in [0.3, 0.4) is 0 Å². The quantitative estimate of drug-likeness (QED) is 0.644. The van der Waals surface area contributed by atoms with Gasteiger partial charge in [-0.15, -0.1) is 0 Å². The van der Waals surface area contributed by atoms with Crippen LogP contribution in [0.4, 0.5) is 0 Å². The molecule has 0 aromatic carbocycles. The van der Waals surface area contributed by atoms with E-state index in [2.05, 4.69) is 0 Å². The average molecular weight is 194 g/mol. The number of ether oxygens (including phenoxy) is 1. The first-order valence-corrected chi connectivity index (χ1v) is 5.95. The van der Waals surface area contributed by atoms with Gasteiger partial charge in [-0.2, -0.15) is 0 Å². The Kier molecular flexibility index (Phi) is 2.03. The smallest absolute Gasteiger partial charge is 0.293 e. The fourth-order valence-electron chi connectivity index (χ4n) is 4.56. The third-order valence-electron chi connectivity index (χ3n) is 4.94. The second-order valence-electron chi connectivity index (χ2n) is 5.34. The lowest BCUT2D eigenvalue weighted by Crippen LogP contribution is -2.27. The summed E-state index contributed by atoms with van der Waals surface area (Å²) in [7, 11) is 0. The van der Waals surface area contributed by atoms with Crippen LogP contribution >= 0.6 is 0 Å². The van der Waals surface area contributed by atoms with Crippen LogP contribution in [0.1, 0.15) is 32.1 Å². The zero-order valence-electron chi connectivity index (χ0n) is 8.52. The van der Waals surface area contributed by atoms with Gasteiger partial charge in [0, 0.05) is 0 Å². The highest BCUT2D eigenvalue weighted by molar-refractivity contribution is 5.36. The van der Waals surface area contributed by atoms with Crippen molar-refractivity contribution in [2.75, 3.05) is 6.61 Å². The Morgan fingerprint density at radius 2 is 2.00 bits per heavy atom. The Balaban J connectivity index is 1.68. The van der Waals surface area contributed by atoms with Crippen LogP contribution in [0.25, 0.3) is 0 Å². The van der Waals surface area contributed by atoms with Gasteiger partial charge in [0.25, 0.3) is 6.47 Å². The summed E-state index contributed by atoms with van der Waals surface area (Å²) in [6, 6.07) is 0. The number of hydrogen-bond acceptors (Lipinski definition) is 2. The molecular weight excluding hydrogens is 176 g/mol. The molecule has 0 N–H and O–H groups in total. The molecule has 3 aliphatic carbocycles. The molecule has 3 rings (SSSR count). The van der Waals surface area contributed by atoms with E-state index in [0.717, 1.165) is 23.7 Å². The highest BCUT2D eigenvalue weighted by Crippen LogP contribution is 2.60. The first-order chi connectivity index (χ1) is 6.90. The maximum Gasteiger partial charge on any atom is 0.293 e. The first-order valence-electron chi connectivity index (χ1n) is 5.95. The molecule has 0 spiro atoms. The zero-order valence-corrected chi connectivity index (χ0v) is 8.52. The monoisotopic (exact) mass is 194 g/mol. The molecular formula is C12H18O2. The van der Waals surface area contributed by atoms with Gasteiger partial charge in [-0.05, 0) is 55.3 Å². The van der Waals surface area contributed by atoms with E-state index in [9.17, 15) is 4.79 Å². The number of hydrogen-bond donors (Lipinski definition) is 0. The average Bonchev–Trinajstić information content (AvgIpc) is 2.85. The summed E-state index contributed by atoms with van der Waals surface area (Å²) in [5, 5.41) is 0. The van der Waals surface area contributed by atoms with Crippen molar-refractivity contribution in [3.63, 3.8) is 0 Å². The van der Waals surface area contributed by atoms with Crippen LogP contribution in [0.15, 0.2) is 0 Å². The van der Waals surface area contributed by atoms with Crippen molar-refractivity contribution in [3.8, 4) is 0 Å². The Morgan fingerprint density at radius 1 is 1.14 bits per heavy atom. The molecule has 0 heterocycles. The summed E-state index contributed by atoms with van der Waals surface area (Å²) in [5.41, 5.74) is 0. The highest BCUT2D eigenvalue weighted by atomic mass is 16.5. The molecule has 14 heavy (non-hydrogen) atoms. The third kappa shape index (κ3) is 1.12. The van der Waals surface area contributed by atoms with Gasteiger partial charge in [-0.25, -0.2) is 0 Å². The first kappa shape index (κ1) is 8.75. The molecule has 3 fully saturated rings. The maximum atomic E-state index is 10.2. The van der Waals surface area contributed by atoms with Gasteiger partial charge in [0.2, 0.25) is 0 Å². The van der Waals surface area contributed by atoms with E-state index in [1.54, 1.807) is 0 Å². The maximum absolute atomic E-state index is 10.2. The Labute approximate surface area is 85.0 Å². The molecule has 0 radical (unpaired) electrons. The lowest BCUT2D eigenvalue weighted by Gasteiger charge is -2.30. The molecule has 78 valence electrons. The second kappa shape index (κ2) is 3.25. The van der Waals surface area contributed by atoms with Crippen molar-refractivity contribution in [1.82, 2.24) is 0 Å². The van der Waals surface area contributed by atoms with Gasteiger partial charge in [-0.1, -0.05) is 6.42 Å². The number of fused-ring (bicyclic) bond motifs is 5. The van der Waals surface area contributed by atoms with Crippen molar-refractivity contribution < 1.29 is 9.53 Å². The minimum Gasteiger partial charge on any atom is -0.468 e. The summed E-state index contributed by atoms with van der Waals surface area (Å²) in [4.78, 5) is 10.2. The van der Waals surface area contributed by atoms with Crippen molar-refractivity contribution >= 4 is 6.47 Å². The molecule has 0 unspecified atom stereocenters. The van der Waals surface area contributed by atoms with Gasteiger partial charge in [0.15, 0.2) is 0 Å². The molecule has 0 aromatic heterocycles. The van der Waals surface area contributed by atoms with E-state index in [0.29, 0.717) is 19.0 Å². The van der Waals surface area contributed by atoms with E-state index in [1.807, 2.05) is 0 Å². The second-order valence-corrected chi connectivity index (χ2v) is 5.34. The van der Waals surface area contributed by atoms with Crippen LogP contribution in [0.5, 0.6) is 0 Å². The predicted molar refractivity (Wildman–Crippen MR) is 52.6 cm³/mol. The van der Waals surface area contributed by atoms with Crippen LogP contribution < -0.4 is 0 Å². The summed E-state index contributed by atoms with van der Waals surface area (Å²) < 4.78 is 4.94. The topological polar surface area (TPSA) is 26.3 Å². The van der Waals surface area contributed by atoms with Crippen molar-refractivity contribution in [2.24, 2.45) is 29.6 Å². The molecule has 3 saturated carbocycles. The fraction of sp³-hybridized carbons (Fsp3) is 0.917. The van der Waals surface area contributed by atoms with Gasteiger partial charge in [0.05, 0.1) is 6.61 Å². The van der Waals surface area contributed by atoms with E-state index in [1.165, 1.54) is 32.1 Å². The molecule has 2 heteroatoms. The van der Waals surface area contributed by atoms with Gasteiger partial charge in [-0.3, -0.25) is 4.79 Å². The molecule has 0 amide bonds. The summed E-state index contributed by atoms with van der Waals surface area (Å²) in [6.07, 6.45) is 7.14. The zero-order chi connectivity index (χ0) is 9.54. The number of carbonyl (C=O) groups excluding carboxylic acids is 1. The Morgan fingerprint density at radius 3 is 2.86 bits per heavy atom. The predicted octanol–water partition coefficient (Wildman–Crippen LogP) is 2.23. The summed E-state index contributed by atoms with van der Waals surface area (Å²) in [5.74, 6) is 4.62. The van der Waals surface area contributed by atoms with Crippen molar-refractivity contribution in [3.05, 3.63) is 0 Å². The standard InChI is InChI=1S/C12H18O2/c13-7-14-6-9-4-8-5-12(9)11-3-1-2-10(8)11/h7-12H,1-6H2/t8-,9-,10+,11-,12+/m0/s1. The van der Waals surface area contributed by atoms with Crippen molar-refractivity contribution in [1.29, 1.82) is 0 Å². The summed E-state index contributed by atoms with van der Waals surface area (Å²) >= 11 is 0. The Bertz CT molecular complexity index is 238. The van der Waals surface area contributed by atoms with Crippen LogP contribution in [0.2, 0.25) is 0 Å². The normalized spacial score (nSPS) is 49.3. The van der Waals surface area contributed by atoms with Crippen LogP contribution in [0, 0.1) is 29.6 Å². The van der Waals surface area contributed by atoms with E-state index >= 15 is 0 Å². The molecule has 2 nitrogen and oxygen atoms in total. The summed E-state index contributed by atoms with van der Waals surface area (Å²) in [6.45, 7) is 1.30. The number of carbonyl (C=O) groups is 1. The SMILES string of the molecule is O=COC[C@@H]1C[C@H]2C[C@H]1[C@H]1CCC[C@H]21. The molecule has 2 bridgehead atoms. The van der Waals surface area contributed by atoms with Crippen LogP contribution in [-0.4, -0.2) is 13.1 Å². The lowest BCUT2D eigenvalue weighted by molar-refractivity contribution is -0.130. The van der Waals surface area contributed by atoms with E-state index in [4.69, 9.17) is 4.74 Å². The lowest BCUT2D eigenvalue weighted by atomic mass is 9.76. The number of rotatable bonds is 3. The molecule has 3 aliphatic rings. The largest absolute Gasteiger partial charge is 0.468 e. The third-order valence-corrected chi connectivity index (χ3v) is 4.94. The molecule has 0 aromatic rings. The van der Waals surface area contributed by atoms with Gasteiger partial charge in [0.1, 0.15) is 0 Å². The fourth-order valence-corrected chi connectivity index (χ4v) is 4.56. The molecule has 0 aliphatic heterocycles. The van der Waals surface area contributed by atoms with E-state index in [-0.39, 0.29) is 0 Å². The minimum atomic E-state index is 0.609. The van der Waals surface area contributed by atoms with Crippen molar-refractivity contribution in [2.45, 2.75) is 32.1 Å². The highest BCUT2D eigenvalue weighted by Gasteiger charge is 2.53. The van der Waals surface area contributed by atoms with E-state index < -0.39 is 0 Å². The minimum absolute atomic E-state index is 0.609. The Hall–Kier alpha value is -0.530. The molecule has 0 saturated heterocycles. The van der Waals surface area contributed by atoms with Crippen LogP contribution in [-0.2, 0) is 9.53 Å². The molecule has 5 atom stereocenters. The van der Waals surface area contributed by atoms with Gasteiger partial charge < -0.3 is 4.74 Å².